The van der Waals surface area contributed by atoms with Gasteiger partial charge in [0.1, 0.15) is 77.3 Å². The second-order valence-corrected chi connectivity index (χ2v) is 26.3. The fourth-order valence-corrected chi connectivity index (χ4v) is 13.8. The number of esters is 1. The third kappa shape index (κ3) is 14.9. The van der Waals surface area contributed by atoms with Crippen LogP contribution >= 0.6 is 11.6 Å². The number of carbonyl (C=O) groups excluding carboxylic acids is 3. The van der Waals surface area contributed by atoms with Gasteiger partial charge in [-0.15, -0.1) is 0 Å². The summed E-state index contributed by atoms with van der Waals surface area (Å²) in [5, 5.41) is 15.2. The lowest BCUT2D eigenvalue weighted by molar-refractivity contribution is -0.139. The smallest absolute Gasteiger partial charge is 0.416 e. The Hall–Kier alpha value is -9.93. The molecule has 3 N–H and O–H groups in total. The maximum absolute atomic E-state index is 17.3. The average molecular weight is 1450 g/mol. The van der Waals surface area contributed by atoms with E-state index in [0.29, 0.717) is 21.4 Å². The topological polar surface area (TPSA) is 191 Å². The molecule has 8 bridgehead atoms. The number of carbonyl (C=O) groups is 4. The highest BCUT2D eigenvalue weighted by atomic mass is 35.5. The lowest BCUT2D eigenvalue weighted by Crippen LogP contribution is -2.49. The summed E-state index contributed by atoms with van der Waals surface area (Å²) in [6.45, 7) is 4.46. The number of hydrogen-bond acceptors (Lipinski definition) is 11. The standard InChI is InChI=1S/C73H61ClF12N6O10/c1-34-15-47(22-59-64(34)41-13-35(2)66(79)50(19-41)56(25-62(95)96)87-71(99)69(49-16-38(33-100-59)5-6-55(49)78)92-28-40(10-12-90-31-46(76)32-90)53(24-61(92)94)73(84,85)86)102-63(97)26-57-51-20-42(14-36(3)67(51)80)65-37(4)54(77)7-8-58(65)101-48-18-43(17-44(74)21-48)68(70(98)88-57)91-27-39(9-11-89-29-45(75)30-89)52(23-60(91)93)72(81,82)83/h5-8,13-24,27-28,45-46,56-57,68-69H,9-12,25-26,29-33H2,1-4H3,(H,87,99)(H,88,98)(H,95,96)/t56?,57-,68+,69?/m0/s1. The van der Waals surface area contributed by atoms with E-state index in [1.54, 1.807) is 4.90 Å². The molecule has 16 nitrogen and oxygen atoms in total. The third-order valence-corrected chi connectivity index (χ3v) is 18.8. The number of aliphatic carboxylic acids is 1. The molecule has 0 saturated carbocycles. The van der Waals surface area contributed by atoms with Crippen LogP contribution in [-0.4, -0.2) is 99.4 Å². The highest BCUT2D eigenvalue weighted by Crippen LogP contribution is 2.45. The van der Waals surface area contributed by atoms with Crippen LogP contribution in [0.4, 0.5) is 52.7 Å². The number of pyridine rings is 2. The Bertz CT molecular complexity index is 4860. The van der Waals surface area contributed by atoms with E-state index in [1.807, 2.05) is 0 Å². The number of nitrogens with one attached hydrogen (secondary N) is 2. The molecule has 29 heteroatoms. The molecule has 0 radical (unpaired) electrons. The van der Waals surface area contributed by atoms with Gasteiger partial charge in [-0.3, -0.25) is 47.7 Å². The SMILES string of the molecule is Cc1cc2cc(c1F)C(CC(=O)O)NC(=O)C(n1cc(CCN3CC(F)C3)c(C(F)(F)F)cc1=O)c1cc(ccc1F)COc1cc(OC(=O)C[C@@H]3NC(=O)[C@H](n4cc(CCN5CC(F)C5)c(C(F)(F)F)cc4=O)c4cc(Cl)cc(c4)Oc4ccc(F)c(C)c4-c4cc(C)c(F)c3c4)cc(C)c1-2. The van der Waals surface area contributed by atoms with Gasteiger partial charge in [0, 0.05) is 103 Å². The van der Waals surface area contributed by atoms with Gasteiger partial charge in [-0.25, -0.2) is 26.3 Å². The highest BCUT2D eigenvalue weighted by Gasteiger charge is 2.41. The lowest BCUT2D eigenvalue weighted by atomic mass is 9.91. The van der Waals surface area contributed by atoms with Crippen LogP contribution in [-0.2, 0) is 51.0 Å². The minimum atomic E-state index is -5.13. The van der Waals surface area contributed by atoms with Crippen molar-refractivity contribution in [3.8, 4) is 45.3 Å². The van der Waals surface area contributed by atoms with Gasteiger partial charge in [0.15, 0.2) is 0 Å². The van der Waals surface area contributed by atoms with Gasteiger partial charge in [-0.05, 0) is 169 Å². The summed E-state index contributed by atoms with van der Waals surface area (Å²) < 4.78 is 203. The number of hydrogen-bond donors (Lipinski definition) is 3. The number of ether oxygens (including phenoxy) is 3. The molecular weight excluding hydrogens is 1380 g/mol. The van der Waals surface area contributed by atoms with Crippen LogP contribution in [0.1, 0.15) is 109 Å². The molecule has 2 unspecified atom stereocenters. The second kappa shape index (κ2) is 28.1. The van der Waals surface area contributed by atoms with Crippen LogP contribution in [0.5, 0.6) is 23.0 Å². The Morgan fingerprint density at radius 3 is 1.68 bits per heavy atom. The zero-order chi connectivity index (χ0) is 73.3. The quantitative estimate of drug-likeness (QED) is 0.0563. The number of aromatic nitrogens is 2. The first-order valence-electron chi connectivity index (χ1n) is 32.0. The van der Waals surface area contributed by atoms with E-state index in [2.05, 4.69) is 10.6 Å². The summed E-state index contributed by atoms with van der Waals surface area (Å²) in [7, 11) is 0. The fraction of sp³-hybridized carbons (Fsp3) is 0.315. The minimum absolute atomic E-state index is 0.0100. The van der Waals surface area contributed by atoms with E-state index in [9.17, 15) is 64.2 Å². The lowest BCUT2D eigenvalue weighted by Gasteiger charge is -2.34. The average Bonchev–Trinajstić information content (AvgIpc) is 1.05. The molecule has 4 aliphatic heterocycles. The predicted octanol–water partition coefficient (Wildman–Crippen LogP) is 13.6. The van der Waals surface area contributed by atoms with Crippen LogP contribution in [0.15, 0.2) is 119 Å². The summed E-state index contributed by atoms with van der Waals surface area (Å²) >= 11 is 6.71. The van der Waals surface area contributed by atoms with E-state index < -0.39 is 172 Å². The van der Waals surface area contributed by atoms with E-state index in [0.717, 1.165) is 24.4 Å². The van der Waals surface area contributed by atoms with Crippen LogP contribution < -0.4 is 36.0 Å². The first-order valence-corrected chi connectivity index (χ1v) is 32.4. The Labute approximate surface area is 578 Å². The molecule has 4 atom stereocenters. The second-order valence-electron chi connectivity index (χ2n) is 25.8. The van der Waals surface area contributed by atoms with Gasteiger partial charge in [0.2, 0.25) is 11.8 Å². The molecule has 4 aliphatic rings. The number of amides is 2. The molecule has 12 rings (SSSR count). The summed E-state index contributed by atoms with van der Waals surface area (Å²) in [5.74, 6) is -10.1. The Kier molecular flexibility index (Phi) is 19.8. The van der Waals surface area contributed by atoms with Crippen LogP contribution in [0.25, 0.3) is 22.3 Å². The Balaban J connectivity index is 0.957. The molecular formula is C73H61ClF12N6O10. The van der Waals surface area contributed by atoms with E-state index in [1.165, 1.54) is 99.3 Å². The maximum Gasteiger partial charge on any atom is 0.416 e. The van der Waals surface area contributed by atoms with E-state index in [4.69, 9.17) is 25.8 Å². The number of likely N-dealkylation sites (tertiary alicyclic amines) is 2. The van der Waals surface area contributed by atoms with Crippen molar-refractivity contribution in [2.75, 3.05) is 39.3 Å². The summed E-state index contributed by atoms with van der Waals surface area (Å²) in [4.78, 5) is 89.4. The van der Waals surface area contributed by atoms with Crippen molar-refractivity contribution in [3.05, 3.63) is 231 Å². The van der Waals surface area contributed by atoms with Gasteiger partial charge in [-0.2, -0.15) is 26.3 Å². The number of carboxylic acid groups (broad SMARTS) is 1. The number of fused-ring (bicyclic) bond motifs is 12. The van der Waals surface area contributed by atoms with Crippen molar-refractivity contribution in [2.45, 2.75) is 109 Å². The monoisotopic (exact) mass is 1440 g/mol. The summed E-state index contributed by atoms with van der Waals surface area (Å²) in [6, 6.07) is 9.38. The first-order chi connectivity index (χ1) is 48.1. The minimum Gasteiger partial charge on any atom is -0.488 e. The van der Waals surface area contributed by atoms with Crippen molar-refractivity contribution < 1.29 is 91.2 Å². The Morgan fingerprint density at radius 1 is 0.598 bits per heavy atom. The largest absolute Gasteiger partial charge is 0.488 e. The van der Waals surface area contributed by atoms with Crippen molar-refractivity contribution in [3.63, 3.8) is 0 Å². The zero-order valence-corrected chi connectivity index (χ0v) is 55.2. The van der Waals surface area contributed by atoms with Crippen molar-refractivity contribution in [2.24, 2.45) is 0 Å². The van der Waals surface area contributed by atoms with Crippen LogP contribution in [0, 0.1) is 51.0 Å². The van der Waals surface area contributed by atoms with Crippen molar-refractivity contribution in [1.29, 1.82) is 0 Å². The number of carboxylic acids is 1. The van der Waals surface area contributed by atoms with Crippen molar-refractivity contribution in [1.82, 2.24) is 29.6 Å². The molecule has 2 aromatic heterocycles. The molecule has 0 spiro atoms. The van der Waals surface area contributed by atoms with Gasteiger partial charge in [-0.1, -0.05) is 17.7 Å². The van der Waals surface area contributed by atoms with Gasteiger partial charge >= 0.3 is 24.3 Å². The molecule has 102 heavy (non-hydrogen) atoms. The fourth-order valence-electron chi connectivity index (χ4n) is 13.5. The molecule has 6 heterocycles. The van der Waals surface area contributed by atoms with Crippen LogP contribution in [0.3, 0.4) is 0 Å². The third-order valence-electron chi connectivity index (χ3n) is 18.5. The van der Waals surface area contributed by atoms with Gasteiger partial charge < -0.3 is 30.0 Å². The normalized spacial score (nSPS) is 18.3. The molecule has 2 saturated heterocycles. The van der Waals surface area contributed by atoms with Crippen molar-refractivity contribution >= 4 is 35.4 Å². The Morgan fingerprint density at radius 2 is 1.13 bits per heavy atom. The number of rotatable bonds is 13. The first kappa shape index (κ1) is 71.9. The molecule has 8 aromatic rings. The number of nitrogens with zero attached hydrogens (tertiary/aromatic N) is 4. The highest BCUT2D eigenvalue weighted by molar-refractivity contribution is 6.30. The van der Waals surface area contributed by atoms with Gasteiger partial charge in [0.25, 0.3) is 11.1 Å². The number of benzene rings is 6. The van der Waals surface area contributed by atoms with E-state index in [-0.39, 0.29) is 135 Å². The van der Waals surface area contributed by atoms with E-state index >= 15 is 22.4 Å². The predicted molar refractivity (Wildman–Crippen MR) is 347 cm³/mol. The maximum atomic E-state index is 17.3. The number of aryl methyl sites for hydroxylation is 3. The molecule has 2 amide bonds. The van der Waals surface area contributed by atoms with Gasteiger partial charge in [0.05, 0.1) is 36.1 Å². The number of halogens is 13. The summed E-state index contributed by atoms with van der Waals surface area (Å²) in [5.41, 5.74) is -7.95. The molecule has 2 fully saturated rings. The molecule has 534 valence electrons. The molecule has 6 aromatic carbocycles. The number of alkyl halides is 8. The summed E-state index contributed by atoms with van der Waals surface area (Å²) in [6.07, 6.45) is -14.0. The molecule has 0 aliphatic carbocycles. The van der Waals surface area contributed by atoms with Crippen LogP contribution in [0.2, 0.25) is 5.02 Å². The zero-order valence-electron chi connectivity index (χ0n) is 54.5.